The van der Waals surface area contributed by atoms with E-state index in [4.69, 9.17) is 30.5 Å². The molecule has 7 nitrogen and oxygen atoms in total. The maximum atomic E-state index is 9.56. The summed E-state index contributed by atoms with van der Waals surface area (Å²) in [6.07, 6.45) is 1.33. The number of hydrogen-bond donors (Lipinski definition) is 1. The van der Waals surface area contributed by atoms with E-state index in [2.05, 4.69) is 40.2 Å². The van der Waals surface area contributed by atoms with E-state index in [0.717, 1.165) is 41.0 Å². The van der Waals surface area contributed by atoms with Crippen LogP contribution in [0.4, 0.5) is 0 Å². The highest BCUT2D eigenvalue weighted by Crippen LogP contribution is 2.43. The number of nitrogens with zero attached hydrogens (tertiary/aromatic N) is 2. The number of hydrogen-bond acceptors (Lipinski definition) is 7. The van der Waals surface area contributed by atoms with Gasteiger partial charge in [-0.3, -0.25) is 4.90 Å². The molecule has 3 aromatic rings. The number of fused-ring (bicyclic) bond motifs is 2. The maximum absolute atomic E-state index is 9.56. The first-order valence-electron chi connectivity index (χ1n) is 11.9. The number of methoxy groups -OCH3 is 1. The average Bonchev–Trinajstić information content (AvgIpc) is 3.27. The van der Waals surface area contributed by atoms with Crippen LogP contribution < -0.4 is 18.9 Å². The molecule has 0 radical (unpaired) electrons. The maximum Gasteiger partial charge on any atom is 0.236 e. The number of aliphatic hydroxyl groups excluding tert-OH is 1. The van der Waals surface area contributed by atoms with Gasteiger partial charge in [0.05, 0.1) is 13.2 Å². The van der Waals surface area contributed by atoms with Crippen LogP contribution in [0, 0.1) is 0 Å². The van der Waals surface area contributed by atoms with Crippen LogP contribution >= 0.6 is 11.6 Å². The van der Waals surface area contributed by atoms with Gasteiger partial charge in [0, 0.05) is 25.2 Å². The molecular weight excluding hydrogens is 468 g/mol. The lowest BCUT2D eigenvalue weighted by atomic mass is 9.96. The summed E-state index contributed by atoms with van der Waals surface area (Å²) >= 11 is 6.60. The summed E-state index contributed by atoms with van der Waals surface area (Å²) in [6.45, 7) is 3.05. The van der Waals surface area contributed by atoms with Crippen LogP contribution in [0.2, 0.25) is 5.02 Å². The second-order valence-electron chi connectivity index (χ2n) is 9.17. The Kier molecular flexibility index (Phi) is 5.92. The summed E-state index contributed by atoms with van der Waals surface area (Å²) in [5.74, 6) is 2.44. The first kappa shape index (κ1) is 22.5. The number of ether oxygens (including phenoxy) is 4. The van der Waals surface area contributed by atoms with Gasteiger partial charge >= 0.3 is 0 Å². The largest absolute Gasteiger partial charge is 0.486 e. The molecule has 6 rings (SSSR count). The molecule has 1 aliphatic carbocycles. The Morgan fingerprint density at radius 2 is 1.91 bits per heavy atom. The normalized spacial score (nSPS) is 19.2. The lowest BCUT2D eigenvalue weighted by Crippen LogP contribution is -2.49. The molecule has 0 amide bonds. The van der Waals surface area contributed by atoms with Crippen molar-refractivity contribution in [2.45, 2.75) is 31.6 Å². The standard InChI is InChI=1S/C27H27ClN2O5/c1-32-26-17(13-30-14-18(31)15-30)11-22(28)27(29-26)35-23-8-6-20-19(3-2-4-21(20)23)16-5-7-24-25(12-16)34-10-9-33-24/h2-5,7,11-12,18,23,31H,6,8-10,13-15H2,1H3/t23-/m1/s1. The molecule has 0 spiro atoms. The van der Waals surface area contributed by atoms with Gasteiger partial charge in [0.25, 0.3) is 0 Å². The van der Waals surface area contributed by atoms with E-state index >= 15 is 0 Å². The van der Waals surface area contributed by atoms with Crippen molar-refractivity contribution in [2.75, 3.05) is 33.4 Å². The SMILES string of the molecule is COc1nc(O[C@@H]2CCc3c(-c4ccc5c(c4)OCCO5)cccc32)c(Cl)cc1CN1CC(O)C1. The monoisotopic (exact) mass is 494 g/mol. The van der Waals surface area contributed by atoms with Crippen molar-refractivity contribution in [2.24, 2.45) is 0 Å². The molecule has 3 heterocycles. The number of rotatable bonds is 6. The van der Waals surface area contributed by atoms with Crippen molar-refractivity contribution in [1.29, 1.82) is 0 Å². The van der Waals surface area contributed by atoms with Crippen molar-refractivity contribution < 1.29 is 24.1 Å². The lowest BCUT2D eigenvalue weighted by molar-refractivity contribution is -0.00334. The molecule has 35 heavy (non-hydrogen) atoms. The van der Waals surface area contributed by atoms with Crippen LogP contribution in [-0.4, -0.2) is 54.5 Å². The van der Waals surface area contributed by atoms with Crippen molar-refractivity contribution in [3.05, 3.63) is 64.2 Å². The van der Waals surface area contributed by atoms with E-state index < -0.39 is 0 Å². The Bertz CT molecular complexity index is 1260. The Hall–Kier alpha value is -3.00. The molecular formula is C27H27ClN2O5. The van der Waals surface area contributed by atoms with E-state index in [1.54, 1.807) is 7.11 Å². The fourth-order valence-electron chi connectivity index (χ4n) is 5.13. The zero-order chi connectivity index (χ0) is 23.9. The Labute approximate surface area is 209 Å². The minimum Gasteiger partial charge on any atom is -0.486 e. The van der Waals surface area contributed by atoms with E-state index in [-0.39, 0.29) is 12.2 Å². The van der Waals surface area contributed by atoms with Crippen molar-refractivity contribution in [1.82, 2.24) is 9.88 Å². The van der Waals surface area contributed by atoms with Crippen LogP contribution in [0.5, 0.6) is 23.3 Å². The molecule has 1 atom stereocenters. The quantitative estimate of drug-likeness (QED) is 0.543. The molecule has 1 fully saturated rings. The molecule has 3 aliphatic rings. The van der Waals surface area contributed by atoms with Crippen LogP contribution in [0.25, 0.3) is 11.1 Å². The van der Waals surface area contributed by atoms with Gasteiger partial charge in [0.2, 0.25) is 11.8 Å². The van der Waals surface area contributed by atoms with Crippen molar-refractivity contribution >= 4 is 11.6 Å². The third-order valence-corrected chi connectivity index (χ3v) is 7.10. The molecule has 2 aliphatic heterocycles. The summed E-state index contributed by atoms with van der Waals surface area (Å²) in [5.41, 5.74) is 5.57. The van der Waals surface area contributed by atoms with Crippen molar-refractivity contribution in [3.8, 4) is 34.4 Å². The number of β-amino-alcohol motifs (C(OH)–C–C–N with tert-alkyl or cyclic N) is 1. The fraction of sp³-hybridized carbons (Fsp3) is 0.370. The molecule has 0 saturated carbocycles. The number of benzene rings is 2. The predicted octanol–water partition coefficient (Wildman–Crippen LogP) is 4.42. The highest BCUT2D eigenvalue weighted by Gasteiger charge is 2.29. The van der Waals surface area contributed by atoms with E-state index in [1.165, 1.54) is 11.1 Å². The number of aromatic nitrogens is 1. The second kappa shape index (κ2) is 9.22. The first-order valence-corrected chi connectivity index (χ1v) is 12.3. The topological polar surface area (TPSA) is 73.3 Å². The summed E-state index contributed by atoms with van der Waals surface area (Å²) < 4.78 is 23.4. The molecule has 182 valence electrons. The van der Waals surface area contributed by atoms with Gasteiger partial charge in [-0.1, -0.05) is 35.9 Å². The summed E-state index contributed by atoms with van der Waals surface area (Å²) in [6, 6.07) is 14.3. The molecule has 0 bridgehead atoms. The van der Waals surface area contributed by atoms with Gasteiger partial charge in [0.1, 0.15) is 24.3 Å². The molecule has 8 heteroatoms. The lowest BCUT2D eigenvalue weighted by Gasteiger charge is -2.35. The zero-order valence-electron chi connectivity index (χ0n) is 19.5. The van der Waals surface area contributed by atoms with E-state index in [9.17, 15) is 5.11 Å². The van der Waals surface area contributed by atoms with Gasteiger partial charge < -0.3 is 24.1 Å². The number of aliphatic hydroxyl groups is 1. The third kappa shape index (κ3) is 4.29. The molecule has 1 aromatic heterocycles. The molecule has 0 unspecified atom stereocenters. The van der Waals surface area contributed by atoms with Crippen molar-refractivity contribution in [3.63, 3.8) is 0 Å². The molecule has 1 saturated heterocycles. The average molecular weight is 495 g/mol. The summed E-state index contributed by atoms with van der Waals surface area (Å²) in [4.78, 5) is 6.71. The Balaban J connectivity index is 1.25. The minimum absolute atomic E-state index is 0.145. The molecule has 1 N–H and O–H groups in total. The fourth-order valence-corrected chi connectivity index (χ4v) is 5.35. The van der Waals surface area contributed by atoms with Gasteiger partial charge in [0.15, 0.2) is 11.5 Å². The van der Waals surface area contributed by atoms with Gasteiger partial charge in [-0.25, -0.2) is 0 Å². The first-order chi connectivity index (χ1) is 17.1. The van der Waals surface area contributed by atoms with E-state index in [1.807, 2.05) is 12.1 Å². The van der Waals surface area contributed by atoms with E-state index in [0.29, 0.717) is 49.6 Å². The smallest absolute Gasteiger partial charge is 0.236 e. The van der Waals surface area contributed by atoms with Gasteiger partial charge in [-0.15, -0.1) is 0 Å². The highest BCUT2D eigenvalue weighted by atomic mass is 35.5. The second-order valence-corrected chi connectivity index (χ2v) is 9.58. The van der Waals surface area contributed by atoms with Crippen LogP contribution in [-0.2, 0) is 13.0 Å². The summed E-state index contributed by atoms with van der Waals surface area (Å²) in [7, 11) is 1.60. The van der Waals surface area contributed by atoms with Crippen LogP contribution in [0.3, 0.4) is 0 Å². The Morgan fingerprint density at radius 3 is 2.71 bits per heavy atom. The predicted molar refractivity (Wildman–Crippen MR) is 132 cm³/mol. The van der Waals surface area contributed by atoms with Gasteiger partial charge in [-0.2, -0.15) is 4.98 Å². The minimum atomic E-state index is -0.262. The highest BCUT2D eigenvalue weighted by molar-refractivity contribution is 6.31. The van der Waals surface area contributed by atoms with Crippen LogP contribution in [0.15, 0.2) is 42.5 Å². The Morgan fingerprint density at radius 1 is 1.09 bits per heavy atom. The third-order valence-electron chi connectivity index (χ3n) is 6.83. The zero-order valence-corrected chi connectivity index (χ0v) is 20.3. The van der Waals surface area contributed by atoms with Gasteiger partial charge in [-0.05, 0) is 53.3 Å². The van der Waals surface area contributed by atoms with Crippen LogP contribution in [0.1, 0.15) is 29.2 Å². The number of pyridine rings is 1. The molecule has 2 aromatic carbocycles. The summed E-state index contributed by atoms with van der Waals surface area (Å²) in [5, 5.41) is 10.0. The number of halogens is 1. The number of likely N-dealkylation sites (tertiary alicyclic amines) is 1.